The first kappa shape index (κ1) is 8.89. The first-order chi connectivity index (χ1) is 4.91. The monoisotopic (exact) mass is 136 g/mol. The molecule has 0 aromatic heterocycles. The maximum atomic E-state index is 9.76. The van der Waals surface area contributed by atoms with E-state index in [1.165, 1.54) is 6.08 Å². The maximum Gasteiger partial charge on any atom is 0.142 e. The zero-order valence-electron chi connectivity index (χ0n) is 6.16. The minimum absolute atomic E-state index is 0.758. The summed E-state index contributed by atoms with van der Waals surface area (Å²) in [6.45, 7) is 2.08. The normalized spacial score (nSPS) is 12.1. The van der Waals surface area contributed by atoms with Gasteiger partial charge in [-0.1, -0.05) is 37.3 Å². The molecule has 0 amide bonds. The van der Waals surface area contributed by atoms with Gasteiger partial charge in [-0.25, -0.2) is 0 Å². The van der Waals surface area contributed by atoms with Crippen LogP contribution in [0.2, 0.25) is 0 Å². The highest BCUT2D eigenvalue weighted by Crippen LogP contribution is 1.81. The summed E-state index contributed by atoms with van der Waals surface area (Å²) >= 11 is 0. The molecule has 0 fully saturated rings. The Kier molecular flexibility index (Phi) is 7.01. The van der Waals surface area contributed by atoms with Crippen LogP contribution in [0.15, 0.2) is 36.5 Å². The average molecular weight is 136 g/mol. The topological polar surface area (TPSA) is 17.1 Å². The molecular weight excluding hydrogens is 124 g/mol. The Labute approximate surface area is 61.8 Å². The molecule has 0 atom stereocenters. The largest absolute Gasteiger partial charge is 0.299 e. The van der Waals surface area contributed by atoms with Crippen molar-refractivity contribution in [1.29, 1.82) is 0 Å². The molecule has 0 unspecified atom stereocenters. The van der Waals surface area contributed by atoms with Crippen molar-refractivity contribution in [3.8, 4) is 0 Å². The van der Waals surface area contributed by atoms with Gasteiger partial charge in [0.1, 0.15) is 6.29 Å². The summed E-state index contributed by atoms with van der Waals surface area (Å²) in [7, 11) is 0. The fourth-order valence-corrected chi connectivity index (χ4v) is 0.452. The van der Waals surface area contributed by atoms with Crippen LogP contribution >= 0.6 is 0 Å². The number of aldehydes is 1. The van der Waals surface area contributed by atoms with E-state index in [-0.39, 0.29) is 0 Å². The van der Waals surface area contributed by atoms with Crippen LogP contribution in [0.4, 0.5) is 0 Å². The summed E-state index contributed by atoms with van der Waals surface area (Å²) in [4.78, 5) is 9.76. The van der Waals surface area contributed by atoms with Crippen molar-refractivity contribution in [2.75, 3.05) is 0 Å². The average Bonchev–Trinajstić information content (AvgIpc) is 1.97. The molecule has 0 spiro atoms. The number of allylic oxidation sites excluding steroid dienone is 6. The molecular formula is C9H12O. The molecule has 0 bridgehead atoms. The number of rotatable bonds is 4. The lowest BCUT2D eigenvalue weighted by Gasteiger charge is -1.72. The van der Waals surface area contributed by atoms with Gasteiger partial charge in [-0.15, -0.1) is 0 Å². The molecule has 0 saturated heterocycles. The van der Waals surface area contributed by atoms with E-state index in [2.05, 4.69) is 6.92 Å². The van der Waals surface area contributed by atoms with Crippen LogP contribution in [0.1, 0.15) is 13.3 Å². The minimum atomic E-state index is 0.758. The molecule has 0 N–H and O–H groups in total. The number of hydrogen-bond donors (Lipinski definition) is 0. The predicted molar refractivity (Wildman–Crippen MR) is 43.8 cm³/mol. The minimum Gasteiger partial charge on any atom is -0.299 e. The molecule has 0 aliphatic carbocycles. The summed E-state index contributed by atoms with van der Waals surface area (Å²) in [5.41, 5.74) is 0. The van der Waals surface area contributed by atoms with Crippen molar-refractivity contribution in [2.24, 2.45) is 0 Å². The molecule has 10 heavy (non-hydrogen) atoms. The predicted octanol–water partition coefficient (Wildman–Crippen LogP) is 2.26. The van der Waals surface area contributed by atoms with Crippen molar-refractivity contribution in [1.82, 2.24) is 0 Å². The molecule has 0 rings (SSSR count). The Bertz CT molecular complexity index is 152. The standard InChI is InChI=1S/C9H12O/c1-2-3-4-5-6-7-8-9-10/h3-9H,2H2,1H3/b4-3+,6-5-,8-7+. The number of carbonyl (C=O) groups is 1. The van der Waals surface area contributed by atoms with E-state index < -0.39 is 0 Å². The fourth-order valence-electron chi connectivity index (χ4n) is 0.452. The van der Waals surface area contributed by atoms with E-state index in [1.54, 1.807) is 6.08 Å². The van der Waals surface area contributed by atoms with Gasteiger partial charge >= 0.3 is 0 Å². The zero-order chi connectivity index (χ0) is 7.66. The highest BCUT2D eigenvalue weighted by molar-refractivity contribution is 5.65. The van der Waals surface area contributed by atoms with Gasteiger partial charge in [0.05, 0.1) is 0 Å². The summed E-state index contributed by atoms with van der Waals surface area (Å²) < 4.78 is 0. The lowest BCUT2D eigenvalue weighted by molar-refractivity contribution is -0.104. The fraction of sp³-hybridized carbons (Fsp3) is 0.222. The summed E-state index contributed by atoms with van der Waals surface area (Å²) in [6.07, 6.45) is 12.7. The van der Waals surface area contributed by atoms with E-state index in [1.807, 2.05) is 24.3 Å². The van der Waals surface area contributed by atoms with Crippen molar-refractivity contribution in [2.45, 2.75) is 13.3 Å². The van der Waals surface area contributed by atoms with Crippen molar-refractivity contribution in [3.05, 3.63) is 36.5 Å². The third-order valence-electron chi connectivity index (χ3n) is 0.895. The van der Waals surface area contributed by atoms with Crippen LogP contribution in [0.25, 0.3) is 0 Å². The quantitative estimate of drug-likeness (QED) is 0.329. The molecule has 0 aromatic rings. The van der Waals surface area contributed by atoms with Gasteiger partial charge in [-0.05, 0) is 12.5 Å². The Hall–Kier alpha value is -1.11. The van der Waals surface area contributed by atoms with Crippen LogP contribution < -0.4 is 0 Å². The first-order valence-electron chi connectivity index (χ1n) is 3.35. The lowest BCUT2D eigenvalue weighted by Crippen LogP contribution is -1.56. The van der Waals surface area contributed by atoms with Crippen molar-refractivity contribution in [3.63, 3.8) is 0 Å². The Morgan fingerprint density at radius 1 is 1.00 bits per heavy atom. The van der Waals surface area contributed by atoms with Gasteiger partial charge in [-0.2, -0.15) is 0 Å². The summed E-state index contributed by atoms with van der Waals surface area (Å²) in [5.74, 6) is 0. The van der Waals surface area contributed by atoms with Crippen LogP contribution in [0, 0.1) is 0 Å². The van der Waals surface area contributed by atoms with E-state index >= 15 is 0 Å². The molecule has 0 aromatic carbocycles. The first-order valence-corrected chi connectivity index (χ1v) is 3.35. The Morgan fingerprint density at radius 3 is 2.20 bits per heavy atom. The van der Waals surface area contributed by atoms with Crippen molar-refractivity contribution >= 4 is 6.29 Å². The van der Waals surface area contributed by atoms with Crippen LogP contribution in [-0.2, 0) is 4.79 Å². The molecule has 0 heterocycles. The molecule has 0 saturated carbocycles. The van der Waals surface area contributed by atoms with E-state index in [4.69, 9.17) is 0 Å². The summed E-state index contributed by atoms with van der Waals surface area (Å²) in [5, 5.41) is 0. The van der Waals surface area contributed by atoms with Gasteiger partial charge in [-0.3, -0.25) is 4.79 Å². The maximum absolute atomic E-state index is 9.76. The van der Waals surface area contributed by atoms with E-state index in [0.29, 0.717) is 0 Å². The van der Waals surface area contributed by atoms with Crippen LogP contribution in [-0.4, -0.2) is 6.29 Å². The molecule has 1 heteroatoms. The van der Waals surface area contributed by atoms with Gasteiger partial charge in [0.2, 0.25) is 0 Å². The van der Waals surface area contributed by atoms with E-state index in [0.717, 1.165) is 12.7 Å². The highest BCUT2D eigenvalue weighted by Gasteiger charge is 1.62. The second-order valence-electron chi connectivity index (χ2n) is 1.74. The lowest BCUT2D eigenvalue weighted by atomic mass is 10.4. The third kappa shape index (κ3) is 6.89. The third-order valence-corrected chi connectivity index (χ3v) is 0.895. The van der Waals surface area contributed by atoms with Crippen molar-refractivity contribution < 1.29 is 4.79 Å². The Balaban J connectivity index is 3.46. The molecule has 1 nitrogen and oxygen atoms in total. The number of carbonyl (C=O) groups excluding carboxylic acids is 1. The Morgan fingerprint density at radius 2 is 1.60 bits per heavy atom. The second kappa shape index (κ2) is 7.89. The SMILES string of the molecule is CC/C=C/C=C\C=C\C=O. The molecule has 54 valence electrons. The zero-order valence-corrected chi connectivity index (χ0v) is 6.16. The molecule has 0 radical (unpaired) electrons. The van der Waals surface area contributed by atoms with Gasteiger partial charge in [0.15, 0.2) is 0 Å². The molecule has 0 aliphatic rings. The highest BCUT2D eigenvalue weighted by atomic mass is 16.1. The van der Waals surface area contributed by atoms with Crippen LogP contribution in [0.5, 0.6) is 0 Å². The smallest absolute Gasteiger partial charge is 0.142 e. The van der Waals surface area contributed by atoms with Gasteiger partial charge in [0.25, 0.3) is 0 Å². The summed E-state index contributed by atoms with van der Waals surface area (Å²) in [6, 6.07) is 0. The van der Waals surface area contributed by atoms with E-state index in [9.17, 15) is 4.79 Å². The molecule has 0 aliphatic heterocycles. The number of hydrogen-bond acceptors (Lipinski definition) is 1. The second-order valence-corrected chi connectivity index (χ2v) is 1.74. The van der Waals surface area contributed by atoms with Crippen LogP contribution in [0.3, 0.4) is 0 Å². The van der Waals surface area contributed by atoms with Gasteiger partial charge < -0.3 is 0 Å². The van der Waals surface area contributed by atoms with Gasteiger partial charge in [0, 0.05) is 0 Å².